The third-order valence-electron chi connectivity index (χ3n) is 2.52. The molecule has 0 unspecified atom stereocenters. The smallest absolute Gasteiger partial charge is 0.142 e. The minimum Gasteiger partial charge on any atom is -0.495 e. The summed E-state index contributed by atoms with van der Waals surface area (Å²) in [5.41, 5.74) is 1.38. The molecule has 3 heteroatoms. The second-order valence-electron chi connectivity index (χ2n) is 4.83. The van der Waals surface area contributed by atoms with Gasteiger partial charge in [0.05, 0.1) is 12.8 Å². The van der Waals surface area contributed by atoms with Crippen LogP contribution in [0, 0.1) is 5.41 Å². The van der Waals surface area contributed by atoms with Gasteiger partial charge in [0.15, 0.2) is 0 Å². The average Bonchev–Trinajstić information content (AvgIpc) is 2.28. The number of hydrogen-bond acceptors (Lipinski definition) is 2. The Bertz CT molecular complexity index is 338. The quantitative estimate of drug-likeness (QED) is 0.767. The Hall–Kier alpha value is -0.700. The molecule has 0 bridgehead atoms. The lowest BCUT2D eigenvalue weighted by molar-refractivity contribution is 0.406. The maximum atomic E-state index is 5.36. The van der Waals surface area contributed by atoms with Crippen LogP contribution in [0.1, 0.15) is 13.8 Å². The van der Waals surface area contributed by atoms with Crippen LogP contribution in [0.15, 0.2) is 24.3 Å². The van der Waals surface area contributed by atoms with Crippen LogP contribution in [-0.2, 0) is 0 Å². The summed E-state index contributed by atoms with van der Waals surface area (Å²) in [4.78, 5) is 2.24. The number of anilines is 1. The van der Waals surface area contributed by atoms with Crippen LogP contribution in [0.2, 0.25) is 0 Å². The van der Waals surface area contributed by atoms with Crippen LogP contribution >= 0.6 is 15.9 Å². The predicted octanol–water partition coefficient (Wildman–Crippen LogP) is 3.55. The molecule has 16 heavy (non-hydrogen) atoms. The molecule has 0 N–H and O–H groups in total. The molecule has 0 aliphatic heterocycles. The van der Waals surface area contributed by atoms with E-state index in [0.717, 1.165) is 23.3 Å². The number of nitrogens with zero attached hydrogens (tertiary/aromatic N) is 1. The lowest BCUT2D eigenvalue weighted by Crippen LogP contribution is -2.32. The fraction of sp³-hybridized carbons (Fsp3) is 0.538. The summed E-state index contributed by atoms with van der Waals surface area (Å²) in [5, 5.41) is 0.986. The first-order chi connectivity index (χ1) is 7.50. The molecule has 90 valence electrons. The molecule has 0 aromatic heterocycles. The fourth-order valence-electron chi connectivity index (χ4n) is 1.71. The highest BCUT2D eigenvalue weighted by Gasteiger charge is 2.20. The summed E-state index contributed by atoms with van der Waals surface area (Å²) in [6.07, 6.45) is 0. The molecule has 0 saturated heterocycles. The zero-order chi connectivity index (χ0) is 12.2. The van der Waals surface area contributed by atoms with Gasteiger partial charge in [0.2, 0.25) is 0 Å². The minimum atomic E-state index is 0.246. The third-order valence-corrected chi connectivity index (χ3v) is 4.04. The summed E-state index contributed by atoms with van der Waals surface area (Å²) in [7, 11) is 3.81. The van der Waals surface area contributed by atoms with Gasteiger partial charge >= 0.3 is 0 Å². The maximum absolute atomic E-state index is 5.36. The van der Waals surface area contributed by atoms with Gasteiger partial charge in [-0.25, -0.2) is 0 Å². The van der Waals surface area contributed by atoms with Gasteiger partial charge in [0.25, 0.3) is 0 Å². The van der Waals surface area contributed by atoms with Crippen molar-refractivity contribution in [3.8, 4) is 5.75 Å². The van der Waals surface area contributed by atoms with Crippen molar-refractivity contribution in [3.05, 3.63) is 24.3 Å². The number of rotatable bonds is 5. The van der Waals surface area contributed by atoms with Crippen LogP contribution in [0.3, 0.4) is 0 Å². The molecule has 0 aliphatic rings. The van der Waals surface area contributed by atoms with Crippen molar-refractivity contribution < 1.29 is 4.74 Å². The van der Waals surface area contributed by atoms with E-state index >= 15 is 0 Å². The van der Waals surface area contributed by atoms with Gasteiger partial charge in [-0.1, -0.05) is 41.9 Å². The molecule has 0 saturated carbocycles. The van der Waals surface area contributed by atoms with Gasteiger partial charge in [-0.2, -0.15) is 0 Å². The molecular formula is C13H20BrNO. The molecular weight excluding hydrogens is 266 g/mol. The van der Waals surface area contributed by atoms with Crippen LogP contribution in [0.4, 0.5) is 5.69 Å². The third kappa shape index (κ3) is 3.41. The van der Waals surface area contributed by atoms with E-state index in [4.69, 9.17) is 4.74 Å². The van der Waals surface area contributed by atoms with E-state index in [0.29, 0.717) is 0 Å². The number of para-hydroxylation sites is 2. The Balaban J connectivity index is 2.84. The molecule has 1 aromatic carbocycles. The van der Waals surface area contributed by atoms with E-state index in [1.54, 1.807) is 7.11 Å². The zero-order valence-corrected chi connectivity index (χ0v) is 12.0. The van der Waals surface area contributed by atoms with E-state index < -0.39 is 0 Å². The van der Waals surface area contributed by atoms with Crippen molar-refractivity contribution >= 4 is 21.6 Å². The standard InChI is InChI=1S/C13H20BrNO/c1-13(2,9-14)10-15(3)11-7-5-6-8-12(11)16-4/h5-8H,9-10H2,1-4H3. The zero-order valence-electron chi connectivity index (χ0n) is 10.5. The van der Waals surface area contributed by atoms with E-state index in [1.165, 1.54) is 0 Å². The Morgan fingerprint density at radius 3 is 2.50 bits per heavy atom. The predicted molar refractivity (Wildman–Crippen MR) is 73.8 cm³/mol. The average molecular weight is 286 g/mol. The van der Waals surface area contributed by atoms with Crippen molar-refractivity contribution in [1.29, 1.82) is 0 Å². The first-order valence-electron chi connectivity index (χ1n) is 5.40. The molecule has 2 nitrogen and oxygen atoms in total. The van der Waals surface area contributed by atoms with Gasteiger partial charge < -0.3 is 9.64 Å². The highest BCUT2D eigenvalue weighted by atomic mass is 79.9. The first-order valence-corrected chi connectivity index (χ1v) is 6.52. The number of hydrogen-bond donors (Lipinski definition) is 0. The summed E-state index contributed by atoms with van der Waals surface area (Å²) in [6, 6.07) is 8.11. The number of benzene rings is 1. The van der Waals surface area contributed by atoms with Crippen molar-refractivity contribution in [3.63, 3.8) is 0 Å². The Morgan fingerprint density at radius 1 is 1.31 bits per heavy atom. The summed E-state index contributed by atoms with van der Waals surface area (Å²) in [6.45, 7) is 5.47. The molecule has 0 radical (unpaired) electrons. The van der Waals surface area contributed by atoms with Crippen LogP contribution in [0.5, 0.6) is 5.75 Å². The van der Waals surface area contributed by atoms with Gasteiger partial charge in [-0.05, 0) is 17.5 Å². The normalized spacial score (nSPS) is 11.3. The molecule has 0 aliphatic carbocycles. The lowest BCUT2D eigenvalue weighted by atomic mass is 9.96. The molecule has 0 amide bonds. The van der Waals surface area contributed by atoms with Crippen LogP contribution < -0.4 is 9.64 Å². The largest absolute Gasteiger partial charge is 0.495 e. The monoisotopic (exact) mass is 285 g/mol. The first kappa shape index (κ1) is 13.4. The molecule has 0 fully saturated rings. The molecule has 0 atom stereocenters. The SMILES string of the molecule is COc1ccccc1N(C)CC(C)(C)CBr. The molecule has 0 heterocycles. The number of ether oxygens (including phenoxy) is 1. The fourth-order valence-corrected chi connectivity index (χ4v) is 1.89. The summed E-state index contributed by atoms with van der Waals surface area (Å²) >= 11 is 3.55. The highest BCUT2D eigenvalue weighted by molar-refractivity contribution is 9.09. The lowest BCUT2D eigenvalue weighted by Gasteiger charge is -2.30. The molecule has 1 aromatic rings. The molecule has 0 spiro atoms. The number of alkyl halides is 1. The van der Waals surface area contributed by atoms with Crippen molar-refractivity contribution in [2.24, 2.45) is 5.41 Å². The van der Waals surface area contributed by atoms with E-state index in [-0.39, 0.29) is 5.41 Å². The number of methoxy groups -OCH3 is 1. The van der Waals surface area contributed by atoms with E-state index in [9.17, 15) is 0 Å². The van der Waals surface area contributed by atoms with Crippen molar-refractivity contribution in [2.75, 3.05) is 30.9 Å². The highest BCUT2D eigenvalue weighted by Crippen LogP contribution is 2.29. The topological polar surface area (TPSA) is 12.5 Å². The van der Waals surface area contributed by atoms with Gasteiger partial charge in [-0.15, -0.1) is 0 Å². The van der Waals surface area contributed by atoms with E-state index in [2.05, 4.69) is 47.8 Å². The summed E-state index contributed by atoms with van der Waals surface area (Å²) < 4.78 is 5.36. The minimum absolute atomic E-state index is 0.246. The Kier molecular flexibility index (Phi) is 4.66. The van der Waals surface area contributed by atoms with Gasteiger partial charge in [0, 0.05) is 18.9 Å². The van der Waals surface area contributed by atoms with Gasteiger partial charge in [0.1, 0.15) is 5.75 Å². The van der Waals surface area contributed by atoms with Gasteiger partial charge in [-0.3, -0.25) is 0 Å². The second-order valence-corrected chi connectivity index (χ2v) is 5.39. The molecule has 1 rings (SSSR count). The van der Waals surface area contributed by atoms with Crippen LogP contribution in [0.25, 0.3) is 0 Å². The van der Waals surface area contributed by atoms with Crippen molar-refractivity contribution in [1.82, 2.24) is 0 Å². The number of halogens is 1. The summed E-state index contributed by atoms with van der Waals surface area (Å²) in [5.74, 6) is 0.926. The Morgan fingerprint density at radius 2 is 1.94 bits per heavy atom. The van der Waals surface area contributed by atoms with Crippen molar-refractivity contribution in [2.45, 2.75) is 13.8 Å². The Labute approximate surface area is 107 Å². The van der Waals surface area contributed by atoms with Crippen LogP contribution in [-0.4, -0.2) is 26.0 Å². The van der Waals surface area contributed by atoms with E-state index in [1.807, 2.05) is 18.2 Å². The maximum Gasteiger partial charge on any atom is 0.142 e. The second kappa shape index (κ2) is 5.58.